The molecule has 0 saturated carbocycles. The summed E-state index contributed by atoms with van der Waals surface area (Å²) in [6.45, 7) is 7.16. The van der Waals surface area contributed by atoms with Crippen LogP contribution < -0.4 is 9.92 Å². The standard InChI is InChI=1S/C47H35N3OSi/c1-52(2,3)35-24-26-40-43(29-35)51-42-20-12-11-19-39(42)47(40)38-18-10-9-17-36(38)37-25-23-34(28-41(37)47)46-49-44(31-14-5-4-6-15-31)48-45(50-46)33-22-21-30-13-7-8-16-32(30)27-33/h4-29H,1-3H3. The Balaban J connectivity index is 1.23. The second kappa shape index (κ2) is 11.4. The first-order chi connectivity index (χ1) is 25.4. The van der Waals surface area contributed by atoms with Crippen molar-refractivity contribution >= 4 is 24.0 Å². The minimum absolute atomic E-state index is 0.583. The molecule has 8 aromatic rings. The molecule has 0 fully saturated rings. The Kier molecular flexibility index (Phi) is 6.73. The average molecular weight is 686 g/mol. The van der Waals surface area contributed by atoms with E-state index in [1.165, 1.54) is 32.8 Å². The first-order valence-corrected chi connectivity index (χ1v) is 21.4. The maximum atomic E-state index is 6.79. The number of para-hydroxylation sites is 1. The van der Waals surface area contributed by atoms with Crippen molar-refractivity contribution in [1.29, 1.82) is 0 Å². The van der Waals surface area contributed by atoms with Crippen LogP contribution in [-0.2, 0) is 5.41 Å². The molecule has 2 heterocycles. The number of benzene rings is 7. The third kappa shape index (κ3) is 4.63. The van der Waals surface area contributed by atoms with E-state index in [1.807, 2.05) is 18.2 Å². The predicted octanol–water partition coefficient (Wildman–Crippen LogP) is 11.0. The van der Waals surface area contributed by atoms with E-state index in [-0.39, 0.29) is 0 Å². The summed E-state index contributed by atoms with van der Waals surface area (Å²) in [5, 5.41) is 3.71. The van der Waals surface area contributed by atoms with E-state index in [1.54, 1.807) is 0 Å². The molecule has 2 aliphatic rings. The zero-order valence-corrected chi connectivity index (χ0v) is 30.3. The Hall–Kier alpha value is -6.17. The molecule has 1 atom stereocenters. The summed E-state index contributed by atoms with van der Waals surface area (Å²) >= 11 is 0. The molecule has 7 aromatic carbocycles. The summed E-state index contributed by atoms with van der Waals surface area (Å²) in [7, 11) is -1.62. The fraction of sp³-hybridized carbons (Fsp3) is 0.0851. The van der Waals surface area contributed by atoms with E-state index in [0.717, 1.165) is 44.7 Å². The smallest absolute Gasteiger partial charge is 0.164 e. The third-order valence-corrected chi connectivity index (χ3v) is 12.8. The highest BCUT2D eigenvalue weighted by Crippen LogP contribution is 2.62. The summed E-state index contributed by atoms with van der Waals surface area (Å²) < 4.78 is 6.79. The topological polar surface area (TPSA) is 47.9 Å². The lowest BCUT2D eigenvalue weighted by molar-refractivity contribution is 0.437. The van der Waals surface area contributed by atoms with Crippen LogP contribution in [0.5, 0.6) is 11.5 Å². The number of nitrogens with zero attached hydrogens (tertiary/aromatic N) is 3. The van der Waals surface area contributed by atoms with Gasteiger partial charge in [0.1, 0.15) is 11.5 Å². The number of hydrogen-bond acceptors (Lipinski definition) is 4. The third-order valence-electron chi connectivity index (χ3n) is 10.7. The first-order valence-electron chi connectivity index (χ1n) is 17.9. The largest absolute Gasteiger partial charge is 0.457 e. The summed E-state index contributed by atoms with van der Waals surface area (Å²) in [5.41, 5.74) is 9.48. The molecule has 0 bridgehead atoms. The molecule has 0 radical (unpaired) electrons. The first kappa shape index (κ1) is 30.6. The van der Waals surface area contributed by atoms with Crippen LogP contribution in [-0.4, -0.2) is 23.0 Å². The highest BCUT2D eigenvalue weighted by Gasteiger charge is 2.51. The van der Waals surface area contributed by atoms with Crippen LogP contribution in [0.25, 0.3) is 56.1 Å². The molecular formula is C47H35N3OSi. The Morgan fingerprint density at radius 1 is 0.423 bits per heavy atom. The van der Waals surface area contributed by atoms with Crippen LogP contribution in [0, 0.1) is 0 Å². The number of rotatable bonds is 4. The van der Waals surface area contributed by atoms with E-state index in [0.29, 0.717) is 17.5 Å². The molecule has 1 unspecified atom stereocenters. The number of aromatic nitrogens is 3. The summed E-state index contributed by atoms with van der Waals surface area (Å²) in [5.74, 6) is 3.75. The van der Waals surface area contributed by atoms with Crippen LogP contribution in [0.15, 0.2) is 158 Å². The van der Waals surface area contributed by atoms with Crippen molar-refractivity contribution < 1.29 is 4.74 Å². The Morgan fingerprint density at radius 2 is 1.02 bits per heavy atom. The fourth-order valence-electron chi connectivity index (χ4n) is 8.19. The van der Waals surface area contributed by atoms with Gasteiger partial charge in [-0.1, -0.05) is 158 Å². The van der Waals surface area contributed by atoms with Crippen molar-refractivity contribution in [1.82, 2.24) is 15.0 Å². The van der Waals surface area contributed by atoms with Gasteiger partial charge in [-0.15, -0.1) is 0 Å². The van der Waals surface area contributed by atoms with E-state index in [9.17, 15) is 0 Å². The van der Waals surface area contributed by atoms with E-state index < -0.39 is 13.5 Å². The van der Waals surface area contributed by atoms with Gasteiger partial charge in [-0.2, -0.15) is 0 Å². The number of fused-ring (bicyclic) bond motifs is 10. The highest BCUT2D eigenvalue weighted by molar-refractivity contribution is 6.88. The molecule has 0 saturated heterocycles. The maximum absolute atomic E-state index is 6.79. The van der Waals surface area contributed by atoms with Gasteiger partial charge in [0.2, 0.25) is 0 Å². The molecule has 1 spiro atoms. The molecule has 248 valence electrons. The molecular weight excluding hydrogens is 651 g/mol. The molecule has 5 heteroatoms. The SMILES string of the molecule is C[Si](C)(C)c1ccc2c(c1)Oc1ccccc1C21c2ccccc2-c2ccc(-c3nc(-c4ccccc4)nc(-c4ccc5ccccc5c4)n3)cc21. The van der Waals surface area contributed by atoms with E-state index in [2.05, 4.69) is 159 Å². The van der Waals surface area contributed by atoms with Gasteiger partial charge in [0.25, 0.3) is 0 Å². The highest BCUT2D eigenvalue weighted by atomic mass is 28.3. The molecule has 10 rings (SSSR count). The zero-order chi connectivity index (χ0) is 35.0. The monoisotopic (exact) mass is 685 g/mol. The van der Waals surface area contributed by atoms with Crippen molar-refractivity contribution in [3.8, 4) is 56.8 Å². The average Bonchev–Trinajstić information content (AvgIpc) is 3.47. The Bertz CT molecular complexity index is 2720. The molecule has 52 heavy (non-hydrogen) atoms. The molecule has 0 amide bonds. The van der Waals surface area contributed by atoms with Crippen molar-refractivity contribution in [3.63, 3.8) is 0 Å². The molecule has 1 aromatic heterocycles. The second-order valence-corrected chi connectivity index (χ2v) is 19.9. The lowest BCUT2D eigenvalue weighted by Crippen LogP contribution is -2.39. The van der Waals surface area contributed by atoms with Crippen LogP contribution in [0.4, 0.5) is 0 Å². The van der Waals surface area contributed by atoms with Gasteiger partial charge in [-0.05, 0) is 57.3 Å². The van der Waals surface area contributed by atoms with Gasteiger partial charge in [0.15, 0.2) is 17.5 Å². The summed E-state index contributed by atoms with van der Waals surface area (Å²) in [6.07, 6.45) is 0. The quantitative estimate of drug-likeness (QED) is 0.173. The molecule has 0 N–H and O–H groups in total. The van der Waals surface area contributed by atoms with Crippen molar-refractivity contribution in [2.45, 2.75) is 25.1 Å². The van der Waals surface area contributed by atoms with E-state index in [4.69, 9.17) is 19.7 Å². The van der Waals surface area contributed by atoms with Gasteiger partial charge < -0.3 is 4.74 Å². The van der Waals surface area contributed by atoms with Crippen LogP contribution in [0.3, 0.4) is 0 Å². The van der Waals surface area contributed by atoms with Crippen LogP contribution in [0.1, 0.15) is 22.3 Å². The second-order valence-electron chi connectivity index (χ2n) is 14.8. The lowest BCUT2D eigenvalue weighted by Gasteiger charge is -2.40. The number of hydrogen-bond donors (Lipinski definition) is 0. The fourth-order valence-corrected chi connectivity index (χ4v) is 9.34. The Labute approximate surface area is 304 Å². The van der Waals surface area contributed by atoms with E-state index >= 15 is 0 Å². The summed E-state index contributed by atoms with van der Waals surface area (Å²) in [6, 6.07) is 56.1. The minimum Gasteiger partial charge on any atom is -0.457 e. The minimum atomic E-state index is -1.62. The summed E-state index contributed by atoms with van der Waals surface area (Å²) in [4.78, 5) is 15.4. The van der Waals surface area contributed by atoms with Gasteiger partial charge in [-0.25, -0.2) is 15.0 Å². The predicted molar refractivity (Wildman–Crippen MR) is 214 cm³/mol. The van der Waals surface area contributed by atoms with Gasteiger partial charge in [-0.3, -0.25) is 0 Å². The van der Waals surface area contributed by atoms with Crippen molar-refractivity contribution in [2.75, 3.05) is 0 Å². The number of ether oxygens (including phenoxy) is 1. The zero-order valence-electron chi connectivity index (χ0n) is 29.3. The maximum Gasteiger partial charge on any atom is 0.164 e. The van der Waals surface area contributed by atoms with Crippen LogP contribution in [0.2, 0.25) is 19.6 Å². The van der Waals surface area contributed by atoms with Gasteiger partial charge >= 0.3 is 0 Å². The molecule has 1 aliphatic heterocycles. The van der Waals surface area contributed by atoms with Gasteiger partial charge in [0, 0.05) is 27.8 Å². The van der Waals surface area contributed by atoms with Gasteiger partial charge in [0.05, 0.1) is 13.5 Å². The molecule has 1 aliphatic carbocycles. The van der Waals surface area contributed by atoms with Crippen molar-refractivity contribution in [2.24, 2.45) is 0 Å². The van der Waals surface area contributed by atoms with Crippen LogP contribution >= 0.6 is 0 Å². The van der Waals surface area contributed by atoms with Crippen molar-refractivity contribution in [3.05, 3.63) is 180 Å². The Morgan fingerprint density at radius 3 is 1.81 bits per heavy atom. The lowest BCUT2D eigenvalue weighted by atomic mass is 9.66. The molecule has 4 nitrogen and oxygen atoms in total. The normalized spacial score (nSPS) is 15.4.